The molecule has 6 rings (SSSR count). The van der Waals surface area contributed by atoms with Gasteiger partial charge in [-0.25, -0.2) is 0 Å². The third-order valence-electron chi connectivity index (χ3n) is 14.2. The van der Waals surface area contributed by atoms with Gasteiger partial charge in [0.05, 0.1) is 18.3 Å². The van der Waals surface area contributed by atoms with Gasteiger partial charge in [-0.05, 0) is 92.1 Å². The molecule has 7 nitrogen and oxygen atoms in total. The molecule has 5 aliphatic carbocycles. The Bertz CT molecular complexity index is 1270. The summed E-state index contributed by atoms with van der Waals surface area (Å²) >= 11 is 0. The number of carbonyl (C=O) groups excluding carboxylic acids is 3. The monoisotopic (exact) mass is 568 g/mol. The molecule has 1 aliphatic heterocycles. The van der Waals surface area contributed by atoms with Gasteiger partial charge < -0.3 is 14.6 Å². The highest BCUT2D eigenvalue weighted by Crippen LogP contribution is 2.77. The number of carboxylic acids is 1. The summed E-state index contributed by atoms with van der Waals surface area (Å²) in [5.74, 6) is -1.38. The number of ether oxygens (including phenoxy) is 2. The van der Waals surface area contributed by atoms with E-state index in [1.807, 2.05) is 13.0 Å². The maximum atomic E-state index is 14.6. The summed E-state index contributed by atoms with van der Waals surface area (Å²) < 4.78 is 12.4. The standard InChI is InChI=1S/C34H48O7/c1-28(2)21-10-13-33(7)26(31(21,5)12-11-23(28)40-25(38)9-8-24(36)37)20(35)18-22-32(33,6)17-16-30(4)15-14-29(3)19-34(22,30)41-27(29)39/h18,21,23,26H,8-17,19H2,1-7H3,(H,36,37)/t21-,23-,26+,29-,30+,31-,32+,33+,34+/m0/s1. The van der Waals surface area contributed by atoms with Crippen molar-refractivity contribution in [2.24, 2.45) is 44.3 Å². The molecule has 0 aromatic rings. The van der Waals surface area contributed by atoms with Gasteiger partial charge in [0.1, 0.15) is 11.7 Å². The van der Waals surface area contributed by atoms with Gasteiger partial charge in [0.25, 0.3) is 0 Å². The van der Waals surface area contributed by atoms with Crippen LogP contribution >= 0.6 is 0 Å². The van der Waals surface area contributed by atoms with E-state index in [0.717, 1.165) is 50.5 Å². The first-order chi connectivity index (χ1) is 18.9. The van der Waals surface area contributed by atoms with Crippen molar-refractivity contribution in [3.8, 4) is 0 Å². The van der Waals surface area contributed by atoms with Gasteiger partial charge >= 0.3 is 17.9 Å². The molecule has 0 amide bonds. The fourth-order valence-electron chi connectivity index (χ4n) is 11.5. The zero-order chi connectivity index (χ0) is 30.0. The molecule has 0 radical (unpaired) electrons. The molecule has 9 atom stereocenters. The van der Waals surface area contributed by atoms with Crippen molar-refractivity contribution in [1.29, 1.82) is 0 Å². The first-order valence-corrected chi connectivity index (χ1v) is 15.8. The fraction of sp³-hybridized carbons (Fsp3) is 0.824. The summed E-state index contributed by atoms with van der Waals surface area (Å²) in [6.45, 7) is 15.6. The van der Waals surface area contributed by atoms with Gasteiger partial charge in [0.2, 0.25) is 0 Å². The Hall–Kier alpha value is -2.18. The van der Waals surface area contributed by atoms with Crippen LogP contribution in [0.15, 0.2) is 11.6 Å². The smallest absolute Gasteiger partial charge is 0.312 e. The van der Waals surface area contributed by atoms with Crippen LogP contribution in [0.1, 0.15) is 119 Å². The minimum absolute atomic E-state index is 0.0975. The van der Waals surface area contributed by atoms with E-state index in [9.17, 15) is 19.2 Å². The van der Waals surface area contributed by atoms with E-state index in [4.69, 9.17) is 14.6 Å². The SMILES string of the molecule is CC1(C)[C@@H](OC(=O)CCC(=O)O)CC[C@]2(C)[C@H]3C(=O)C=C4[C@@](C)(CC[C@@]5(C)CC[C@@]6(C)C[C@@]45OC6=O)[C@]3(C)CC[C@@H]12. The summed E-state index contributed by atoms with van der Waals surface area (Å²) in [5.41, 5.74) is -1.41. The third kappa shape index (κ3) is 3.50. The van der Waals surface area contributed by atoms with Crippen LogP contribution in [0, 0.1) is 44.3 Å². The zero-order valence-corrected chi connectivity index (χ0v) is 26.0. The van der Waals surface area contributed by atoms with Crippen LogP contribution in [-0.2, 0) is 28.7 Å². The molecule has 6 aliphatic rings. The van der Waals surface area contributed by atoms with E-state index in [0.29, 0.717) is 12.8 Å². The maximum Gasteiger partial charge on any atom is 0.312 e. The lowest BCUT2D eigenvalue weighted by atomic mass is 9.33. The summed E-state index contributed by atoms with van der Waals surface area (Å²) in [6.07, 6.45) is 8.96. The van der Waals surface area contributed by atoms with E-state index in [1.54, 1.807) is 0 Å². The van der Waals surface area contributed by atoms with Gasteiger partial charge in [-0.15, -0.1) is 0 Å². The molecule has 4 saturated carbocycles. The molecule has 1 N–H and O–H groups in total. The number of rotatable bonds is 4. The number of esters is 2. The summed E-state index contributed by atoms with van der Waals surface area (Å²) in [6, 6.07) is 0. The van der Waals surface area contributed by atoms with Gasteiger partial charge in [-0.3, -0.25) is 19.2 Å². The molecular formula is C34H48O7. The largest absolute Gasteiger partial charge is 0.481 e. The number of allylic oxidation sites excluding steroid dienone is 1. The number of hydrogen-bond acceptors (Lipinski definition) is 6. The second-order valence-electron chi connectivity index (χ2n) is 16.5. The maximum absolute atomic E-state index is 14.6. The molecule has 0 unspecified atom stereocenters. The Kier molecular flexibility index (Phi) is 5.97. The lowest BCUT2D eigenvalue weighted by Crippen LogP contribution is -2.69. The van der Waals surface area contributed by atoms with Crippen molar-refractivity contribution < 1.29 is 33.8 Å². The third-order valence-corrected chi connectivity index (χ3v) is 14.2. The quantitative estimate of drug-likeness (QED) is 0.390. The van der Waals surface area contributed by atoms with E-state index in [-0.39, 0.29) is 69.6 Å². The normalized spacial score (nSPS) is 49.4. The van der Waals surface area contributed by atoms with E-state index in [2.05, 4.69) is 41.5 Å². The Balaban J connectivity index is 1.37. The van der Waals surface area contributed by atoms with Crippen molar-refractivity contribution in [2.45, 2.75) is 131 Å². The number of hydrogen-bond donors (Lipinski definition) is 1. The Morgan fingerprint density at radius 1 is 0.927 bits per heavy atom. The number of ketones is 1. The molecule has 226 valence electrons. The van der Waals surface area contributed by atoms with E-state index in [1.165, 1.54) is 0 Å². The molecule has 1 spiro atoms. The molecule has 1 heterocycles. The first kappa shape index (κ1) is 28.9. The van der Waals surface area contributed by atoms with Gasteiger partial charge in [0.15, 0.2) is 5.78 Å². The van der Waals surface area contributed by atoms with Gasteiger partial charge in [-0.2, -0.15) is 0 Å². The second kappa shape index (κ2) is 8.47. The van der Waals surface area contributed by atoms with Crippen molar-refractivity contribution in [3.05, 3.63) is 11.6 Å². The van der Waals surface area contributed by atoms with Crippen LogP contribution in [0.4, 0.5) is 0 Å². The number of carbonyl (C=O) groups is 4. The second-order valence-corrected chi connectivity index (χ2v) is 16.5. The van der Waals surface area contributed by atoms with Crippen LogP contribution in [0.5, 0.6) is 0 Å². The topological polar surface area (TPSA) is 107 Å². The molecular weight excluding hydrogens is 520 g/mol. The number of carboxylic acid groups (broad SMARTS) is 1. The predicted molar refractivity (Wildman–Crippen MR) is 152 cm³/mol. The molecule has 1 saturated heterocycles. The van der Waals surface area contributed by atoms with Gasteiger partial charge in [0, 0.05) is 23.2 Å². The molecule has 0 aromatic heterocycles. The fourth-order valence-corrected chi connectivity index (χ4v) is 11.5. The Labute approximate surface area is 244 Å². The highest BCUT2D eigenvalue weighted by molar-refractivity contribution is 5.96. The first-order valence-electron chi connectivity index (χ1n) is 15.8. The molecule has 41 heavy (non-hydrogen) atoms. The van der Waals surface area contributed by atoms with Gasteiger partial charge in [-0.1, -0.05) is 41.5 Å². The highest BCUT2D eigenvalue weighted by atomic mass is 16.6. The Morgan fingerprint density at radius 3 is 2.29 bits per heavy atom. The Morgan fingerprint density at radius 2 is 1.61 bits per heavy atom. The lowest BCUT2D eigenvalue weighted by Gasteiger charge is -2.71. The average molecular weight is 569 g/mol. The summed E-state index contributed by atoms with van der Waals surface area (Å²) in [7, 11) is 0. The van der Waals surface area contributed by atoms with Crippen molar-refractivity contribution in [2.75, 3.05) is 0 Å². The van der Waals surface area contributed by atoms with Crippen molar-refractivity contribution in [3.63, 3.8) is 0 Å². The minimum Gasteiger partial charge on any atom is -0.481 e. The van der Waals surface area contributed by atoms with E-state index >= 15 is 0 Å². The average Bonchev–Trinajstić information content (AvgIpc) is 3.10. The van der Waals surface area contributed by atoms with E-state index < -0.39 is 23.0 Å². The molecule has 5 fully saturated rings. The summed E-state index contributed by atoms with van der Waals surface area (Å²) in [5, 5.41) is 8.99. The van der Waals surface area contributed by atoms with Crippen molar-refractivity contribution >= 4 is 23.7 Å². The predicted octanol–water partition coefficient (Wildman–Crippen LogP) is 6.42. The minimum atomic E-state index is -1.01. The number of fused-ring (bicyclic) bond motifs is 6. The van der Waals surface area contributed by atoms with Crippen molar-refractivity contribution in [1.82, 2.24) is 0 Å². The number of aliphatic carboxylic acids is 1. The lowest BCUT2D eigenvalue weighted by molar-refractivity contribution is -0.218. The molecule has 2 bridgehead atoms. The van der Waals surface area contributed by atoms with Crippen LogP contribution in [0.25, 0.3) is 0 Å². The van der Waals surface area contributed by atoms with Crippen LogP contribution in [0.3, 0.4) is 0 Å². The summed E-state index contributed by atoms with van der Waals surface area (Å²) in [4.78, 5) is 51.4. The van der Waals surface area contributed by atoms with Crippen LogP contribution in [0.2, 0.25) is 0 Å². The molecule has 0 aromatic carbocycles. The molecule has 7 heteroatoms. The van der Waals surface area contributed by atoms with Crippen LogP contribution in [-0.4, -0.2) is 40.5 Å². The van der Waals surface area contributed by atoms with Crippen LogP contribution < -0.4 is 0 Å². The zero-order valence-electron chi connectivity index (χ0n) is 26.0. The highest BCUT2D eigenvalue weighted by Gasteiger charge is 2.76.